The molecule has 5 rings (SSSR count). The second-order valence-corrected chi connectivity index (χ2v) is 9.17. The zero-order chi connectivity index (χ0) is 25.2. The first-order valence-corrected chi connectivity index (χ1v) is 12.4. The quantitative estimate of drug-likeness (QED) is 0.284. The van der Waals surface area contributed by atoms with Crippen molar-refractivity contribution in [2.24, 2.45) is 0 Å². The van der Waals surface area contributed by atoms with Crippen molar-refractivity contribution >= 4 is 22.4 Å². The van der Waals surface area contributed by atoms with Crippen LogP contribution in [0.1, 0.15) is 36.1 Å². The molecule has 5 nitrogen and oxygen atoms in total. The second-order valence-electron chi connectivity index (χ2n) is 9.17. The number of fused-ring (bicyclic) bond motifs is 2. The fourth-order valence-corrected chi connectivity index (χ4v) is 5.03. The molecule has 0 atom stereocenters. The van der Waals surface area contributed by atoms with Gasteiger partial charge in [0, 0.05) is 41.2 Å². The number of nitrogens with zero attached hydrogens (tertiary/aromatic N) is 1. The van der Waals surface area contributed by atoms with E-state index in [0.717, 1.165) is 63.3 Å². The maximum absolute atomic E-state index is 13.2. The predicted molar refractivity (Wildman–Crippen MR) is 143 cm³/mol. The standard InChI is InChI=1S/C31H31NO4/c1-5-35-25-12-10-23(11-13-25)28-19-36-31-21(3)30(34-4)26(17-27(28)31)20(2)16-29(33)32-15-14-22-8-6-7-9-24(22)18-32/h6-13,16-17,19H,5,14-15,18H2,1-4H3/b20-16+. The van der Waals surface area contributed by atoms with Gasteiger partial charge in [-0.05, 0) is 67.7 Å². The zero-order valence-corrected chi connectivity index (χ0v) is 21.3. The average Bonchev–Trinajstić information content (AvgIpc) is 3.33. The number of carbonyl (C=O) groups excluding carboxylic acids is 1. The van der Waals surface area contributed by atoms with Crippen LogP contribution < -0.4 is 9.47 Å². The lowest BCUT2D eigenvalue weighted by molar-refractivity contribution is -0.126. The number of furan rings is 1. The van der Waals surface area contributed by atoms with Crippen LogP contribution in [0.2, 0.25) is 0 Å². The number of methoxy groups -OCH3 is 1. The Morgan fingerprint density at radius 3 is 2.58 bits per heavy atom. The van der Waals surface area contributed by atoms with Gasteiger partial charge in [0.1, 0.15) is 17.1 Å². The highest BCUT2D eigenvalue weighted by Crippen LogP contribution is 2.41. The molecule has 1 aliphatic heterocycles. The van der Waals surface area contributed by atoms with E-state index >= 15 is 0 Å². The molecule has 0 radical (unpaired) electrons. The molecule has 0 bridgehead atoms. The summed E-state index contributed by atoms with van der Waals surface area (Å²) in [7, 11) is 1.66. The fourth-order valence-electron chi connectivity index (χ4n) is 5.03. The van der Waals surface area contributed by atoms with Gasteiger partial charge in [0.2, 0.25) is 5.91 Å². The second kappa shape index (κ2) is 9.94. The van der Waals surface area contributed by atoms with E-state index < -0.39 is 0 Å². The van der Waals surface area contributed by atoms with Crippen LogP contribution in [0.3, 0.4) is 0 Å². The smallest absolute Gasteiger partial charge is 0.247 e. The van der Waals surface area contributed by atoms with E-state index in [-0.39, 0.29) is 5.91 Å². The average molecular weight is 482 g/mol. The van der Waals surface area contributed by atoms with Gasteiger partial charge in [-0.25, -0.2) is 0 Å². The maximum Gasteiger partial charge on any atom is 0.247 e. The Bertz CT molecular complexity index is 1450. The van der Waals surface area contributed by atoms with Crippen LogP contribution >= 0.6 is 0 Å². The molecule has 36 heavy (non-hydrogen) atoms. The molecule has 0 saturated carbocycles. The van der Waals surface area contributed by atoms with Crippen LogP contribution in [-0.2, 0) is 17.8 Å². The van der Waals surface area contributed by atoms with Crippen LogP contribution in [0.25, 0.3) is 27.7 Å². The Kier molecular flexibility index (Phi) is 6.55. The molecule has 0 spiro atoms. The topological polar surface area (TPSA) is 51.9 Å². The zero-order valence-electron chi connectivity index (χ0n) is 21.3. The summed E-state index contributed by atoms with van der Waals surface area (Å²) in [5.41, 5.74) is 8.02. The summed E-state index contributed by atoms with van der Waals surface area (Å²) in [5, 5.41) is 0.986. The van der Waals surface area contributed by atoms with E-state index in [4.69, 9.17) is 13.9 Å². The van der Waals surface area contributed by atoms with Crippen LogP contribution in [0.4, 0.5) is 0 Å². The van der Waals surface area contributed by atoms with E-state index in [2.05, 4.69) is 24.3 Å². The monoisotopic (exact) mass is 481 g/mol. The van der Waals surface area contributed by atoms with Gasteiger partial charge in [-0.2, -0.15) is 0 Å². The lowest BCUT2D eigenvalue weighted by Gasteiger charge is -2.28. The Hall–Kier alpha value is -3.99. The minimum Gasteiger partial charge on any atom is -0.496 e. The number of amides is 1. The molecule has 0 unspecified atom stereocenters. The first kappa shape index (κ1) is 23.7. The van der Waals surface area contributed by atoms with Crippen molar-refractivity contribution in [2.75, 3.05) is 20.3 Å². The van der Waals surface area contributed by atoms with Crippen LogP contribution in [-0.4, -0.2) is 31.1 Å². The third-order valence-corrected chi connectivity index (χ3v) is 6.93. The maximum atomic E-state index is 13.2. The van der Waals surface area contributed by atoms with E-state index in [1.54, 1.807) is 19.4 Å². The Balaban J connectivity index is 1.50. The number of rotatable bonds is 6. The molecule has 2 heterocycles. The molecule has 0 N–H and O–H groups in total. The van der Waals surface area contributed by atoms with Crippen molar-refractivity contribution in [3.8, 4) is 22.6 Å². The molecule has 0 fully saturated rings. The molecule has 4 aromatic rings. The third kappa shape index (κ3) is 4.37. The number of benzene rings is 3. The summed E-state index contributed by atoms with van der Waals surface area (Å²) in [5.74, 6) is 1.58. The highest BCUT2D eigenvalue weighted by molar-refractivity contribution is 6.01. The molecule has 1 aliphatic rings. The van der Waals surface area contributed by atoms with Crippen molar-refractivity contribution in [1.29, 1.82) is 0 Å². The van der Waals surface area contributed by atoms with Crippen LogP contribution in [0, 0.1) is 6.92 Å². The van der Waals surface area contributed by atoms with Crippen molar-refractivity contribution in [1.82, 2.24) is 4.90 Å². The molecule has 0 saturated heterocycles. The van der Waals surface area contributed by atoms with Gasteiger partial charge in [0.15, 0.2) is 0 Å². The highest BCUT2D eigenvalue weighted by atomic mass is 16.5. The largest absolute Gasteiger partial charge is 0.496 e. The number of hydrogen-bond acceptors (Lipinski definition) is 4. The van der Waals surface area contributed by atoms with Gasteiger partial charge in [0.05, 0.1) is 20.0 Å². The number of aryl methyl sites for hydroxylation is 1. The molecular formula is C31H31NO4. The van der Waals surface area contributed by atoms with E-state index in [9.17, 15) is 4.79 Å². The predicted octanol–water partition coefficient (Wildman–Crippen LogP) is 6.80. The van der Waals surface area contributed by atoms with Gasteiger partial charge in [-0.15, -0.1) is 0 Å². The summed E-state index contributed by atoms with van der Waals surface area (Å²) >= 11 is 0. The molecular weight excluding hydrogens is 450 g/mol. The van der Waals surface area contributed by atoms with Crippen LogP contribution in [0.5, 0.6) is 11.5 Å². The van der Waals surface area contributed by atoms with Gasteiger partial charge in [-0.1, -0.05) is 36.4 Å². The first-order chi connectivity index (χ1) is 17.5. The number of ether oxygens (including phenoxy) is 2. The minimum atomic E-state index is 0.0146. The van der Waals surface area contributed by atoms with Crippen molar-refractivity contribution in [3.05, 3.63) is 89.2 Å². The number of hydrogen-bond donors (Lipinski definition) is 0. The molecule has 1 aromatic heterocycles. The number of carbonyl (C=O) groups is 1. The lowest BCUT2D eigenvalue weighted by Crippen LogP contribution is -2.34. The van der Waals surface area contributed by atoms with E-state index in [1.165, 1.54) is 11.1 Å². The molecule has 184 valence electrons. The summed E-state index contributed by atoms with van der Waals surface area (Å²) in [4.78, 5) is 15.2. The van der Waals surface area contributed by atoms with Crippen molar-refractivity contribution in [2.45, 2.75) is 33.7 Å². The summed E-state index contributed by atoms with van der Waals surface area (Å²) < 4.78 is 17.4. The molecule has 5 heteroatoms. The lowest BCUT2D eigenvalue weighted by atomic mass is 9.96. The van der Waals surface area contributed by atoms with Gasteiger partial charge in [0.25, 0.3) is 0 Å². The summed E-state index contributed by atoms with van der Waals surface area (Å²) in [6.45, 7) is 7.92. The normalized spacial score (nSPS) is 13.6. The Morgan fingerprint density at radius 2 is 1.86 bits per heavy atom. The Labute approximate surface area is 211 Å². The molecule has 0 aliphatic carbocycles. The van der Waals surface area contributed by atoms with Crippen molar-refractivity contribution < 1.29 is 18.7 Å². The third-order valence-electron chi connectivity index (χ3n) is 6.93. The van der Waals surface area contributed by atoms with E-state index in [0.29, 0.717) is 13.2 Å². The van der Waals surface area contributed by atoms with Crippen molar-refractivity contribution in [3.63, 3.8) is 0 Å². The van der Waals surface area contributed by atoms with Gasteiger partial charge in [-0.3, -0.25) is 4.79 Å². The SMILES string of the molecule is CCOc1ccc(-c2coc3c(C)c(OC)c(/C(C)=C/C(=O)N4CCc5ccccc5C4)cc23)cc1. The summed E-state index contributed by atoms with van der Waals surface area (Å²) in [6.07, 6.45) is 4.39. The van der Waals surface area contributed by atoms with Gasteiger partial charge < -0.3 is 18.8 Å². The molecule has 3 aromatic carbocycles. The molecule has 1 amide bonds. The van der Waals surface area contributed by atoms with Crippen LogP contribution in [0.15, 0.2) is 71.4 Å². The van der Waals surface area contributed by atoms with E-state index in [1.807, 2.05) is 56.0 Å². The Morgan fingerprint density at radius 1 is 1.11 bits per heavy atom. The highest BCUT2D eigenvalue weighted by Gasteiger charge is 2.22. The minimum absolute atomic E-state index is 0.0146. The summed E-state index contributed by atoms with van der Waals surface area (Å²) in [6, 6.07) is 18.4. The first-order valence-electron chi connectivity index (χ1n) is 12.4. The fraction of sp³-hybridized carbons (Fsp3) is 0.258. The van der Waals surface area contributed by atoms with Gasteiger partial charge >= 0.3 is 0 Å². The number of allylic oxidation sites excluding steroid dienone is 1.